The average molecular weight is 171 g/mol. The van der Waals surface area contributed by atoms with Crippen LogP contribution in [0.25, 0.3) is 0 Å². The SMILES string of the molecule is C[B]C[C@H](N)COCCN(C)C. The Labute approximate surface area is 76.5 Å². The van der Waals surface area contributed by atoms with E-state index in [1.165, 1.54) is 0 Å². The van der Waals surface area contributed by atoms with Crippen LogP contribution in [0.4, 0.5) is 0 Å². The van der Waals surface area contributed by atoms with Crippen LogP contribution in [-0.2, 0) is 4.74 Å². The molecule has 0 fully saturated rings. The van der Waals surface area contributed by atoms with Gasteiger partial charge >= 0.3 is 0 Å². The zero-order valence-corrected chi connectivity index (χ0v) is 8.42. The first kappa shape index (κ1) is 11.9. The Morgan fingerprint density at radius 3 is 2.67 bits per heavy atom. The monoisotopic (exact) mass is 171 g/mol. The molecule has 0 saturated carbocycles. The molecule has 0 aliphatic rings. The van der Waals surface area contributed by atoms with Crippen molar-refractivity contribution in [2.75, 3.05) is 33.9 Å². The molecule has 0 unspecified atom stereocenters. The van der Waals surface area contributed by atoms with Crippen molar-refractivity contribution in [3.63, 3.8) is 0 Å². The van der Waals surface area contributed by atoms with E-state index in [4.69, 9.17) is 10.5 Å². The zero-order valence-electron chi connectivity index (χ0n) is 8.42. The van der Waals surface area contributed by atoms with E-state index in [0.29, 0.717) is 6.61 Å². The first-order valence-electron chi connectivity index (χ1n) is 4.42. The fourth-order valence-electron chi connectivity index (χ4n) is 0.853. The average Bonchev–Trinajstić information content (AvgIpc) is 1.98. The lowest BCUT2D eigenvalue weighted by Gasteiger charge is -2.13. The van der Waals surface area contributed by atoms with Gasteiger partial charge < -0.3 is 15.4 Å². The van der Waals surface area contributed by atoms with Crippen molar-refractivity contribution in [2.24, 2.45) is 5.73 Å². The number of likely N-dealkylation sites (N-methyl/N-ethyl adjacent to an activating group) is 1. The number of nitrogens with two attached hydrogens (primary N) is 1. The Morgan fingerprint density at radius 1 is 1.50 bits per heavy atom. The maximum absolute atomic E-state index is 5.73. The lowest BCUT2D eigenvalue weighted by molar-refractivity contribution is 0.109. The Morgan fingerprint density at radius 2 is 2.17 bits per heavy atom. The van der Waals surface area contributed by atoms with Gasteiger partial charge in [0.15, 0.2) is 0 Å². The molecule has 1 atom stereocenters. The Kier molecular flexibility index (Phi) is 7.55. The molecule has 0 rings (SSSR count). The summed E-state index contributed by atoms with van der Waals surface area (Å²) in [7, 11) is 6.13. The van der Waals surface area contributed by atoms with E-state index in [2.05, 4.69) is 12.2 Å². The molecule has 71 valence electrons. The first-order chi connectivity index (χ1) is 5.66. The van der Waals surface area contributed by atoms with Gasteiger partial charge in [0.2, 0.25) is 0 Å². The van der Waals surface area contributed by atoms with Crippen molar-refractivity contribution in [1.82, 2.24) is 4.90 Å². The predicted molar refractivity (Wildman–Crippen MR) is 53.8 cm³/mol. The lowest BCUT2D eigenvalue weighted by Crippen LogP contribution is -2.28. The number of rotatable bonds is 7. The van der Waals surface area contributed by atoms with E-state index in [1.807, 2.05) is 20.9 Å². The van der Waals surface area contributed by atoms with Crippen LogP contribution in [0.2, 0.25) is 13.1 Å². The molecule has 0 amide bonds. The minimum Gasteiger partial charge on any atom is -0.379 e. The number of hydrogen-bond acceptors (Lipinski definition) is 3. The molecule has 0 aromatic rings. The molecular formula is C8H20BN2O. The molecule has 0 saturated heterocycles. The number of nitrogens with zero attached hydrogens (tertiary/aromatic N) is 1. The molecular weight excluding hydrogens is 151 g/mol. The van der Waals surface area contributed by atoms with Gasteiger partial charge in [0.05, 0.1) is 13.2 Å². The third-order valence-corrected chi connectivity index (χ3v) is 1.55. The molecule has 2 N–H and O–H groups in total. The summed E-state index contributed by atoms with van der Waals surface area (Å²) in [4.78, 5) is 2.09. The molecule has 0 spiro atoms. The Hall–Kier alpha value is -0.0551. The normalized spacial score (nSPS) is 13.4. The number of hydrogen-bond donors (Lipinski definition) is 1. The van der Waals surface area contributed by atoms with E-state index >= 15 is 0 Å². The van der Waals surface area contributed by atoms with E-state index in [1.54, 1.807) is 0 Å². The van der Waals surface area contributed by atoms with Crippen LogP contribution >= 0.6 is 0 Å². The highest BCUT2D eigenvalue weighted by Gasteiger charge is 2.00. The van der Waals surface area contributed by atoms with E-state index in [9.17, 15) is 0 Å². The molecule has 0 aliphatic heterocycles. The summed E-state index contributed by atoms with van der Waals surface area (Å²) < 4.78 is 5.37. The molecule has 0 aromatic carbocycles. The van der Waals surface area contributed by atoms with Crippen molar-refractivity contribution in [2.45, 2.75) is 19.2 Å². The summed E-state index contributed by atoms with van der Waals surface area (Å²) in [6.07, 6.45) is 0.933. The summed E-state index contributed by atoms with van der Waals surface area (Å²) in [6, 6.07) is 0.164. The van der Waals surface area contributed by atoms with Crippen molar-refractivity contribution < 1.29 is 4.74 Å². The highest BCUT2D eigenvalue weighted by atomic mass is 16.5. The van der Waals surface area contributed by atoms with E-state index < -0.39 is 0 Å². The van der Waals surface area contributed by atoms with Gasteiger partial charge in [-0.1, -0.05) is 13.1 Å². The summed E-state index contributed by atoms with van der Waals surface area (Å²) in [5.41, 5.74) is 5.73. The fourth-order valence-corrected chi connectivity index (χ4v) is 0.853. The standard InChI is InChI=1S/C8H20BN2O/c1-9-6-8(10)7-12-5-4-11(2)3/h8H,4-7,10H2,1-3H3/t8-/m0/s1. The van der Waals surface area contributed by atoms with Crippen LogP contribution < -0.4 is 5.73 Å². The fraction of sp³-hybridized carbons (Fsp3) is 1.00. The molecule has 0 aromatic heterocycles. The van der Waals surface area contributed by atoms with Gasteiger partial charge in [-0.25, -0.2) is 0 Å². The smallest absolute Gasteiger partial charge is 0.107 e. The maximum atomic E-state index is 5.73. The zero-order chi connectivity index (χ0) is 9.40. The minimum atomic E-state index is 0.164. The summed E-state index contributed by atoms with van der Waals surface area (Å²) >= 11 is 0. The van der Waals surface area contributed by atoms with Crippen LogP contribution in [0, 0.1) is 0 Å². The highest BCUT2D eigenvalue weighted by Crippen LogP contribution is 1.89. The predicted octanol–water partition coefficient (Wildman–Crippen LogP) is 0.0625. The third kappa shape index (κ3) is 8.05. The van der Waals surface area contributed by atoms with Crippen molar-refractivity contribution >= 4 is 7.28 Å². The van der Waals surface area contributed by atoms with E-state index in [0.717, 1.165) is 19.5 Å². The highest BCUT2D eigenvalue weighted by molar-refractivity contribution is 6.33. The second-order valence-electron chi connectivity index (χ2n) is 3.28. The van der Waals surface area contributed by atoms with Crippen LogP contribution in [0.1, 0.15) is 0 Å². The van der Waals surface area contributed by atoms with Crippen molar-refractivity contribution in [3.8, 4) is 0 Å². The van der Waals surface area contributed by atoms with Gasteiger partial charge in [-0.2, -0.15) is 0 Å². The van der Waals surface area contributed by atoms with Gasteiger partial charge in [0, 0.05) is 12.6 Å². The molecule has 3 nitrogen and oxygen atoms in total. The quantitative estimate of drug-likeness (QED) is 0.435. The topological polar surface area (TPSA) is 38.5 Å². The molecule has 0 bridgehead atoms. The second kappa shape index (κ2) is 7.59. The largest absolute Gasteiger partial charge is 0.379 e. The van der Waals surface area contributed by atoms with Crippen LogP contribution in [0.3, 0.4) is 0 Å². The minimum absolute atomic E-state index is 0.164. The van der Waals surface area contributed by atoms with Gasteiger partial charge in [-0.15, -0.1) is 0 Å². The second-order valence-corrected chi connectivity index (χ2v) is 3.28. The molecule has 0 aliphatic carbocycles. The summed E-state index contributed by atoms with van der Waals surface area (Å²) in [5, 5.41) is 0. The molecule has 12 heavy (non-hydrogen) atoms. The summed E-state index contributed by atoms with van der Waals surface area (Å²) in [6.45, 7) is 4.41. The first-order valence-corrected chi connectivity index (χ1v) is 4.42. The Bertz CT molecular complexity index is 101. The molecule has 4 heteroatoms. The van der Waals surface area contributed by atoms with Crippen LogP contribution in [0.15, 0.2) is 0 Å². The van der Waals surface area contributed by atoms with Crippen LogP contribution in [-0.4, -0.2) is 52.1 Å². The van der Waals surface area contributed by atoms with Crippen molar-refractivity contribution in [3.05, 3.63) is 0 Å². The lowest BCUT2D eigenvalue weighted by atomic mass is 9.75. The number of ether oxygens (including phenoxy) is 1. The van der Waals surface area contributed by atoms with Gasteiger partial charge in [0.1, 0.15) is 7.28 Å². The summed E-state index contributed by atoms with van der Waals surface area (Å²) in [5.74, 6) is 0. The Balaban J connectivity index is 3.08. The van der Waals surface area contributed by atoms with E-state index in [-0.39, 0.29) is 6.04 Å². The van der Waals surface area contributed by atoms with Crippen LogP contribution in [0.5, 0.6) is 0 Å². The third-order valence-electron chi connectivity index (χ3n) is 1.55. The van der Waals surface area contributed by atoms with Crippen molar-refractivity contribution in [1.29, 1.82) is 0 Å². The van der Waals surface area contributed by atoms with Gasteiger partial charge in [0.25, 0.3) is 0 Å². The molecule has 0 heterocycles. The van der Waals surface area contributed by atoms with Gasteiger partial charge in [-0.05, 0) is 14.1 Å². The maximum Gasteiger partial charge on any atom is 0.107 e. The van der Waals surface area contributed by atoms with Gasteiger partial charge in [-0.3, -0.25) is 0 Å². The molecule has 1 radical (unpaired) electrons.